The van der Waals surface area contributed by atoms with Crippen LogP contribution in [0.1, 0.15) is 54.3 Å². The molecule has 0 amide bonds. The van der Waals surface area contributed by atoms with Gasteiger partial charge in [-0.2, -0.15) is 5.21 Å². The summed E-state index contributed by atoms with van der Waals surface area (Å²) in [5.74, 6) is 7.59. The van der Waals surface area contributed by atoms with E-state index in [0.717, 1.165) is 16.1 Å². The monoisotopic (exact) mass is 335 g/mol. The van der Waals surface area contributed by atoms with Crippen LogP contribution in [0.3, 0.4) is 0 Å². The van der Waals surface area contributed by atoms with Gasteiger partial charge in [0, 0.05) is 22.4 Å². The fourth-order valence-corrected chi connectivity index (χ4v) is 3.82. The van der Waals surface area contributed by atoms with Crippen molar-refractivity contribution >= 4 is 11.3 Å². The molecule has 0 radical (unpaired) electrons. The van der Waals surface area contributed by atoms with Crippen molar-refractivity contribution in [1.29, 1.82) is 0 Å². The number of aromatic nitrogens is 5. The molecule has 0 bridgehead atoms. The minimum Gasteiger partial charge on any atom is -0.232 e. The molecule has 2 heterocycles. The molecular formula is C18H17N5S. The van der Waals surface area contributed by atoms with Gasteiger partial charge in [-0.15, -0.1) is 21.5 Å². The maximum Gasteiger partial charge on any atom is 0.204 e. The zero-order valence-corrected chi connectivity index (χ0v) is 14.0. The van der Waals surface area contributed by atoms with E-state index in [9.17, 15) is 0 Å². The van der Waals surface area contributed by atoms with E-state index < -0.39 is 0 Å². The Hall–Kier alpha value is -2.52. The summed E-state index contributed by atoms with van der Waals surface area (Å²) < 4.78 is 0. The topological polar surface area (TPSA) is 67.3 Å². The van der Waals surface area contributed by atoms with Crippen LogP contribution in [0.25, 0.3) is 11.4 Å². The van der Waals surface area contributed by atoms with E-state index in [1.165, 1.54) is 37.8 Å². The number of nitrogens with one attached hydrogen (secondary N) is 1. The Kier molecular flexibility index (Phi) is 4.34. The van der Waals surface area contributed by atoms with Gasteiger partial charge in [0.05, 0.1) is 5.69 Å². The first-order valence-corrected chi connectivity index (χ1v) is 9.08. The molecule has 2 aromatic heterocycles. The molecule has 0 atom stereocenters. The van der Waals surface area contributed by atoms with E-state index in [1.54, 1.807) is 11.3 Å². The molecule has 1 saturated carbocycles. The maximum atomic E-state index is 4.73. The third kappa shape index (κ3) is 3.36. The van der Waals surface area contributed by atoms with Gasteiger partial charge in [0.15, 0.2) is 5.01 Å². The molecule has 6 heteroatoms. The molecular weight excluding hydrogens is 318 g/mol. The average Bonchev–Trinajstić information content (AvgIpc) is 3.33. The average molecular weight is 335 g/mol. The number of tetrazole rings is 1. The SMILES string of the molecule is C(#Cc1nc(C2CCCCC2)cs1)c1cccc(-c2nn[nH]n2)c1. The fourth-order valence-electron chi connectivity index (χ4n) is 3.08. The van der Waals surface area contributed by atoms with Gasteiger partial charge in [-0.25, -0.2) is 4.98 Å². The summed E-state index contributed by atoms with van der Waals surface area (Å²) in [5.41, 5.74) is 3.05. The molecule has 0 spiro atoms. The molecule has 3 aromatic rings. The molecule has 120 valence electrons. The van der Waals surface area contributed by atoms with Crippen LogP contribution in [0.5, 0.6) is 0 Å². The summed E-state index contributed by atoms with van der Waals surface area (Å²) >= 11 is 1.64. The largest absolute Gasteiger partial charge is 0.232 e. The normalized spacial score (nSPS) is 15.0. The first kappa shape index (κ1) is 15.0. The molecule has 0 aliphatic heterocycles. The Labute approximate surface area is 144 Å². The van der Waals surface area contributed by atoms with Gasteiger partial charge in [-0.3, -0.25) is 0 Å². The number of nitrogens with zero attached hydrogens (tertiary/aromatic N) is 4. The Morgan fingerprint density at radius 1 is 1.12 bits per heavy atom. The van der Waals surface area contributed by atoms with Crippen molar-refractivity contribution in [2.75, 3.05) is 0 Å². The summed E-state index contributed by atoms with van der Waals surface area (Å²) in [5, 5.41) is 17.1. The van der Waals surface area contributed by atoms with E-state index in [1.807, 2.05) is 24.3 Å². The summed E-state index contributed by atoms with van der Waals surface area (Å²) in [4.78, 5) is 4.73. The second-order valence-electron chi connectivity index (χ2n) is 5.98. The molecule has 1 fully saturated rings. The predicted octanol–water partition coefficient (Wildman–Crippen LogP) is 3.77. The van der Waals surface area contributed by atoms with Crippen LogP contribution in [0.2, 0.25) is 0 Å². The zero-order chi connectivity index (χ0) is 16.2. The van der Waals surface area contributed by atoms with Gasteiger partial charge >= 0.3 is 0 Å². The molecule has 0 saturated heterocycles. The minimum absolute atomic E-state index is 0.576. The van der Waals surface area contributed by atoms with Gasteiger partial charge in [-0.1, -0.05) is 37.3 Å². The highest BCUT2D eigenvalue weighted by molar-refractivity contribution is 7.10. The first-order chi connectivity index (χ1) is 11.9. The lowest BCUT2D eigenvalue weighted by atomic mass is 9.87. The highest BCUT2D eigenvalue weighted by Gasteiger charge is 2.17. The number of thiazole rings is 1. The molecule has 0 unspecified atom stereocenters. The summed E-state index contributed by atoms with van der Waals surface area (Å²) in [7, 11) is 0. The quantitative estimate of drug-likeness (QED) is 0.724. The van der Waals surface area contributed by atoms with E-state index in [2.05, 4.69) is 37.8 Å². The van der Waals surface area contributed by atoms with Crippen LogP contribution in [0.4, 0.5) is 0 Å². The van der Waals surface area contributed by atoms with Crippen molar-refractivity contribution in [1.82, 2.24) is 25.6 Å². The molecule has 1 N–H and O–H groups in total. The van der Waals surface area contributed by atoms with E-state index in [4.69, 9.17) is 4.98 Å². The lowest BCUT2D eigenvalue weighted by Crippen LogP contribution is -2.04. The number of H-pyrrole nitrogens is 1. The smallest absolute Gasteiger partial charge is 0.204 e. The first-order valence-electron chi connectivity index (χ1n) is 8.20. The highest BCUT2D eigenvalue weighted by Crippen LogP contribution is 2.32. The van der Waals surface area contributed by atoms with Gasteiger partial charge in [0.2, 0.25) is 5.82 Å². The summed E-state index contributed by atoms with van der Waals surface area (Å²) in [6, 6.07) is 7.84. The number of benzene rings is 1. The van der Waals surface area contributed by atoms with E-state index in [-0.39, 0.29) is 0 Å². The Bertz CT molecular complexity index is 866. The van der Waals surface area contributed by atoms with Crippen LogP contribution in [0.15, 0.2) is 29.6 Å². The van der Waals surface area contributed by atoms with Crippen LogP contribution in [0, 0.1) is 11.8 Å². The van der Waals surface area contributed by atoms with Crippen molar-refractivity contribution in [3.05, 3.63) is 45.9 Å². The molecule has 5 nitrogen and oxygen atoms in total. The van der Waals surface area contributed by atoms with Crippen LogP contribution < -0.4 is 0 Å². The third-order valence-electron chi connectivity index (χ3n) is 4.33. The fraction of sp³-hybridized carbons (Fsp3) is 0.333. The van der Waals surface area contributed by atoms with E-state index in [0.29, 0.717) is 11.7 Å². The van der Waals surface area contributed by atoms with Crippen molar-refractivity contribution < 1.29 is 0 Å². The summed E-state index contributed by atoms with van der Waals surface area (Å²) in [6.45, 7) is 0. The lowest BCUT2D eigenvalue weighted by molar-refractivity contribution is 0.438. The zero-order valence-electron chi connectivity index (χ0n) is 13.2. The van der Waals surface area contributed by atoms with Gasteiger partial charge in [0.25, 0.3) is 0 Å². The van der Waals surface area contributed by atoms with Crippen LogP contribution >= 0.6 is 11.3 Å². The second-order valence-corrected chi connectivity index (χ2v) is 6.84. The summed E-state index contributed by atoms with van der Waals surface area (Å²) in [6.07, 6.45) is 6.55. The standard InChI is InChI=1S/C18H17N5S/c1-2-6-14(7-3-1)16-12-24-17(19-16)10-9-13-5-4-8-15(11-13)18-20-22-23-21-18/h4-5,8,11-12,14H,1-3,6-7H2,(H,20,21,22,23). The maximum absolute atomic E-state index is 4.73. The molecule has 1 aromatic carbocycles. The minimum atomic E-state index is 0.576. The van der Waals surface area contributed by atoms with Crippen LogP contribution in [-0.2, 0) is 0 Å². The van der Waals surface area contributed by atoms with Crippen molar-refractivity contribution in [3.63, 3.8) is 0 Å². The number of hydrogen-bond donors (Lipinski definition) is 1. The Morgan fingerprint density at radius 3 is 2.88 bits per heavy atom. The molecule has 4 rings (SSSR count). The second kappa shape index (κ2) is 6.93. The van der Waals surface area contributed by atoms with Crippen LogP contribution in [-0.4, -0.2) is 25.6 Å². The van der Waals surface area contributed by atoms with E-state index >= 15 is 0 Å². The van der Waals surface area contributed by atoms with Crippen molar-refractivity contribution in [2.24, 2.45) is 0 Å². The number of aromatic amines is 1. The predicted molar refractivity (Wildman–Crippen MR) is 93.5 cm³/mol. The number of hydrogen-bond acceptors (Lipinski definition) is 5. The van der Waals surface area contributed by atoms with Gasteiger partial charge in [0.1, 0.15) is 0 Å². The lowest BCUT2D eigenvalue weighted by Gasteiger charge is -2.19. The van der Waals surface area contributed by atoms with Crippen molar-refractivity contribution in [2.45, 2.75) is 38.0 Å². The Balaban J connectivity index is 1.52. The van der Waals surface area contributed by atoms with Gasteiger partial charge in [-0.05, 0) is 36.1 Å². The third-order valence-corrected chi connectivity index (χ3v) is 5.10. The molecule has 1 aliphatic carbocycles. The highest BCUT2D eigenvalue weighted by atomic mass is 32.1. The van der Waals surface area contributed by atoms with Gasteiger partial charge < -0.3 is 0 Å². The molecule has 24 heavy (non-hydrogen) atoms. The number of rotatable bonds is 2. The van der Waals surface area contributed by atoms with Crippen molar-refractivity contribution in [3.8, 4) is 23.2 Å². The molecule has 1 aliphatic rings. The Morgan fingerprint density at radius 2 is 2.04 bits per heavy atom.